The zero-order valence-corrected chi connectivity index (χ0v) is 5.20. The molecule has 0 unspecified atom stereocenters. The van der Waals surface area contributed by atoms with Gasteiger partial charge in [0, 0.05) is 24.5 Å². The number of rotatable bonds is 0. The number of fused-ring (bicyclic) bond motifs is 1. The molecule has 0 spiro atoms. The maximum Gasteiger partial charge on any atom is 0.148 e. The van der Waals surface area contributed by atoms with Crippen molar-refractivity contribution in [2.24, 2.45) is 0 Å². The maximum atomic E-state index is 7.32. The summed E-state index contributed by atoms with van der Waals surface area (Å²) >= 11 is 0. The van der Waals surface area contributed by atoms with E-state index in [1.165, 1.54) is 4.52 Å². The molecule has 0 aliphatic rings. The van der Waals surface area contributed by atoms with Gasteiger partial charge in [-0.2, -0.15) is 0 Å². The highest BCUT2D eigenvalue weighted by molar-refractivity contribution is 4.90. The first kappa shape index (κ1) is 5.22. The Labute approximate surface area is 56.3 Å². The van der Waals surface area contributed by atoms with Crippen LogP contribution >= 0.6 is 0 Å². The van der Waals surface area contributed by atoms with Crippen LogP contribution < -0.4 is 11.0 Å². The number of hydrogen-bond acceptors (Lipinski definition) is 2. The molecule has 0 aliphatic heterocycles. The predicted molar refractivity (Wildman–Crippen MR) is 33.7 cm³/mol. The Hall–Kier alpha value is -1.58. The molecule has 0 aromatic carbocycles. The number of nitrogens with zero attached hydrogens (tertiary/aromatic N) is 2. The fraction of sp³-hybridized carbons (Fsp3) is 0. The van der Waals surface area contributed by atoms with Gasteiger partial charge in [0.15, 0.2) is 0 Å². The minimum Gasteiger partial charge on any atom is -0.283 e. The molecular formula is C6H6N4. The molecule has 0 aliphatic carbocycles. The Kier molecular flexibility index (Phi) is 0.768. The van der Waals surface area contributed by atoms with Crippen LogP contribution in [-0.2, 0) is 0 Å². The molecule has 0 atom stereocenters. The molecule has 2 aromatic rings. The number of nitrogens with one attached hydrogen (secondary N) is 2. The van der Waals surface area contributed by atoms with E-state index in [0.29, 0.717) is 11.0 Å². The first-order chi connectivity index (χ1) is 4.79. The first-order valence-corrected chi connectivity index (χ1v) is 2.91. The summed E-state index contributed by atoms with van der Waals surface area (Å²) in [5, 5.41) is 14.6. The molecule has 2 heterocycles. The molecule has 0 bridgehead atoms. The summed E-state index contributed by atoms with van der Waals surface area (Å²) in [6.45, 7) is 0. The fourth-order valence-electron chi connectivity index (χ4n) is 0.997. The van der Waals surface area contributed by atoms with E-state index in [0.717, 1.165) is 0 Å². The van der Waals surface area contributed by atoms with Gasteiger partial charge in [-0.25, -0.2) is 4.52 Å². The third-order valence-corrected chi connectivity index (χ3v) is 1.46. The van der Waals surface area contributed by atoms with E-state index in [1.54, 1.807) is 29.0 Å². The zero-order chi connectivity index (χ0) is 7.14. The Balaban J connectivity index is 3.28. The first-order valence-electron chi connectivity index (χ1n) is 2.91. The smallest absolute Gasteiger partial charge is 0.148 e. The molecule has 2 rings (SSSR count). The van der Waals surface area contributed by atoms with Gasteiger partial charge in [0.1, 0.15) is 11.0 Å². The van der Waals surface area contributed by atoms with Crippen LogP contribution in [0.1, 0.15) is 0 Å². The molecule has 0 saturated heterocycles. The highest BCUT2D eigenvalue weighted by Crippen LogP contribution is 1.77. The predicted octanol–water partition coefficient (Wildman–Crippen LogP) is -0.564. The van der Waals surface area contributed by atoms with Crippen molar-refractivity contribution in [2.45, 2.75) is 0 Å². The van der Waals surface area contributed by atoms with Crippen LogP contribution in [0.4, 0.5) is 0 Å². The topological polar surface area (TPSA) is 56.5 Å². The van der Waals surface area contributed by atoms with Crippen LogP contribution in [0, 0.1) is 10.8 Å². The van der Waals surface area contributed by atoms with Crippen molar-refractivity contribution in [1.82, 2.24) is 9.03 Å². The quantitative estimate of drug-likeness (QED) is 0.485. The van der Waals surface area contributed by atoms with Gasteiger partial charge in [-0.05, 0) is 0 Å². The van der Waals surface area contributed by atoms with Crippen molar-refractivity contribution >= 4 is 0 Å². The van der Waals surface area contributed by atoms with Crippen LogP contribution in [-0.4, -0.2) is 9.03 Å². The third-order valence-electron chi connectivity index (χ3n) is 1.46. The normalized spacial score (nSPS) is 10.8. The molecule has 10 heavy (non-hydrogen) atoms. The summed E-state index contributed by atoms with van der Waals surface area (Å²) in [6, 6.07) is 3.30. The molecular weight excluding hydrogens is 128 g/mol. The summed E-state index contributed by atoms with van der Waals surface area (Å²) in [7, 11) is 0. The standard InChI is InChI=1S/C6H6N4/c7-5-1-3-9-4-2-6(8)10(5)9/h1-4,7-8H. The second-order valence-electron chi connectivity index (χ2n) is 2.09. The van der Waals surface area contributed by atoms with Gasteiger partial charge in [-0.3, -0.25) is 15.3 Å². The van der Waals surface area contributed by atoms with E-state index in [-0.39, 0.29) is 0 Å². The van der Waals surface area contributed by atoms with Crippen LogP contribution in [0.5, 0.6) is 0 Å². The molecule has 0 fully saturated rings. The number of aromatic nitrogens is 2. The lowest BCUT2D eigenvalue weighted by atomic mass is 10.6. The molecule has 4 heteroatoms. The minimum atomic E-state index is 0.343. The van der Waals surface area contributed by atoms with Gasteiger partial charge >= 0.3 is 0 Å². The van der Waals surface area contributed by atoms with Crippen molar-refractivity contribution in [3.05, 3.63) is 35.5 Å². The van der Waals surface area contributed by atoms with E-state index in [1.807, 2.05) is 0 Å². The van der Waals surface area contributed by atoms with E-state index in [4.69, 9.17) is 10.8 Å². The minimum absolute atomic E-state index is 0.343. The summed E-state index contributed by atoms with van der Waals surface area (Å²) in [5.74, 6) is 0. The molecule has 4 nitrogen and oxygen atoms in total. The largest absolute Gasteiger partial charge is 0.283 e. The Morgan fingerprint density at radius 3 is 1.90 bits per heavy atom. The van der Waals surface area contributed by atoms with Gasteiger partial charge in [0.25, 0.3) is 0 Å². The highest BCUT2D eigenvalue weighted by atomic mass is 15.3. The van der Waals surface area contributed by atoms with Crippen LogP contribution in [0.3, 0.4) is 0 Å². The van der Waals surface area contributed by atoms with Crippen molar-refractivity contribution in [1.29, 1.82) is 10.8 Å². The summed E-state index contributed by atoms with van der Waals surface area (Å²) in [4.78, 5) is 0. The van der Waals surface area contributed by atoms with Gasteiger partial charge in [-0.15, -0.1) is 0 Å². The molecule has 0 radical (unpaired) electrons. The lowest BCUT2D eigenvalue weighted by Crippen LogP contribution is -2.20. The third kappa shape index (κ3) is 0.452. The Morgan fingerprint density at radius 1 is 1.00 bits per heavy atom. The summed E-state index contributed by atoms with van der Waals surface area (Å²) < 4.78 is 3.20. The van der Waals surface area contributed by atoms with Crippen molar-refractivity contribution in [3.8, 4) is 0 Å². The van der Waals surface area contributed by atoms with Crippen molar-refractivity contribution < 1.29 is 0 Å². The van der Waals surface area contributed by atoms with Crippen molar-refractivity contribution in [2.75, 3.05) is 0 Å². The average molecular weight is 134 g/mol. The van der Waals surface area contributed by atoms with Crippen LogP contribution in [0.2, 0.25) is 0 Å². The second-order valence-corrected chi connectivity index (χ2v) is 2.09. The fourth-order valence-corrected chi connectivity index (χ4v) is 0.997. The van der Waals surface area contributed by atoms with Crippen LogP contribution in [0.25, 0.3) is 0 Å². The van der Waals surface area contributed by atoms with Gasteiger partial charge in [-0.1, -0.05) is 0 Å². The van der Waals surface area contributed by atoms with E-state index in [2.05, 4.69) is 0 Å². The average Bonchev–Trinajstić information content (AvgIpc) is 2.40. The van der Waals surface area contributed by atoms with E-state index < -0.39 is 0 Å². The lowest BCUT2D eigenvalue weighted by Gasteiger charge is -1.82. The van der Waals surface area contributed by atoms with E-state index >= 15 is 0 Å². The lowest BCUT2D eigenvalue weighted by molar-refractivity contribution is 0.758. The number of hydrogen-bond donors (Lipinski definition) is 2. The monoisotopic (exact) mass is 134 g/mol. The summed E-state index contributed by atoms with van der Waals surface area (Å²) in [5.41, 5.74) is 0.685. The Morgan fingerprint density at radius 2 is 1.50 bits per heavy atom. The molecule has 2 N–H and O–H groups in total. The summed E-state index contributed by atoms with van der Waals surface area (Å²) in [6.07, 6.45) is 3.50. The van der Waals surface area contributed by atoms with Gasteiger partial charge in [0.05, 0.1) is 0 Å². The van der Waals surface area contributed by atoms with Gasteiger partial charge in [0.2, 0.25) is 0 Å². The zero-order valence-electron chi connectivity index (χ0n) is 5.20. The van der Waals surface area contributed by atoms with E-state index in [9.17, 15) is 0 Å². The molecule has 50 valence electrons. The molecule has 2 aromatic heterocycles. The molecule has 0 saturated carbocycles. The second kappa shape index (κ2) is 1.47. The SMILES string of the molecule is N=c1ccn2ccc(=N)n12. The maximum absolute atomic E-state index is 7.32. The highest BCUT2D eigenvalue weighted by Gasteiger charge is 1.92. The van der Waals surface area contributed by atoms with Gasteiger partial charge < -0.3 is 0 Å². The molecule has 0 amide bonds. The van der Waals surface area contributed by atoms with Crippen LogP contribution in [0.15, 0.2) is 24.5 Å². The van der Waals surface area contributed by atoms with Crippen molar-refractivity contribution in [3.63, 3.8) is 0 Å². The Bertz CT molecular complexity index is 410.